The molecule has 1 aliphatic carbocycles. The molecule has 2 aliphatic heterocycles. The number of nitrogens with one attached hydrogen (secondary N) is 2. The summed E-state index contributed by atoms with van der Waals surface area (Å²) in [7, 11) is 0. The smallest absolute Gasteiger partial charge is 0.327 e. The van der Waals surface area contributed by atoms with E-state index in [-0.39, 0.29) is 23.4 Å². The molecule has 2 saturated heterocycles. The summed E-state index contributed by atoms with van der Waals surface area (Å²) in [6.45, 7) is 3.64. The molecule has 3 aliphatic rings. The van der Waals surface area contributed by atoms with Gasteiger partial charge in [-0.15, -0.1) is 11.8 Å². The molecular formula is C15H23N3O4S. The molecule has 0 aromatic rings. The fourth-order valence-corrected chi connectivity index (χ4v) is 5.39. The van der Waals surface area contributed by atoms with Gasteiger partial charge < -0.3 is 20.6 Å². The third-order valence-corrected chi connectivity index (χ3v) is 6.47. The highest BCUT2D eigenvalue weighted by molar-refractivity contribution is 8.01. The molecule has 0 radical (unpaired) electrons. The Hall–Kier alpha value is -1.44. The average Bonchev–Trinajstić information content (AvgIpc) is 2.74. The lowest BCUT2D eigenvalue weighted by atomic mass is 9.95. The summed E-state index contributed by atoms with van der Waals surface area (Å²) in [6, 6.07) is -1.63. The van der Waals surface area contributed by atoms with Gasteiger partial charge >= 0.3 is 12.0 Å². The van der Waals surface area contributed by atoms with Crippen molar-refractivity contribution in [2.45, 2.75) is 74.2 Å². The number of carboxylic acids is 1. The number of urea groups is 1. The first-order chi connectivity index (χ1) is 10.8. The van der Waals surface area contributed by atoms with Gasteiger partial charge in [0.25, 0.3) is 0 Å². The Morgan fingerprint density at radius 1 is 1.22 bits per heavy atom. The maximum absolute atomic E-state index is 12.3. The SMILES string of the molecule is CC1(C)S[C@@H]2[C@H](NC(=O)NC3CCCCC3)C(=O)N2[C@@H]1C(=O)O. The van der Waals surface area contributed by atoms with Gasteiger partial charge in [0.2, 0.25) is 5.91 Å². The van der Waals surface area contributed by atoms with Crippen molar-refractivity contribution >= 4 is 29.7 Å². The van der Waals surface area contributed by atoms with Crippen molar-refractivity contribution in [3.05, 3.63) is 0 Å². The first kappa shape index (κ1) is 16.4. The van der Waals surface area contributed by atoms with Crippen LogP contribution >= 0.6 is 11.8 Å². The van der Waals surface area contributed by atoms with Gasteiger partial charge in [-0.1, -0.05) is 19.3 Å². The minimum Gasteiger partial charge on any atom is -0.480 e. The van der Waals surface area contributed by atoms with Gasteiger partial charge in [0.15, 0.2) is 0 Å². The minimum atomic E-state index is -0.997. The van der Waals surface area contributed by atoms with Gasteiger partial charge in [0, 0.05) is 10.8 Å². The van der Waals surface area contributed by atoms with Crippen molar-refractivity contribution in [1.29, 1.82) is 0 Å². The topological polar surface area (TPSA) is 98.7 Å². The molecule has 8 heteroatoms. The fraction of sp³-hybridized carbons (Fsp3) is 0.800. The van der Waals surface area contributed by atoms with Crippen LogP contribution in [-0.4, -0.2) is 56.2 Å². The Morgan fingerprint density at radius 2 is 1.87 bits per heavy atom. The lowest BCUT2D eigenvalue weighted by molar-refractivity contribution is -0.159. The van der Waals surface area contributed by atoms with Crippen LogP contribution in [0.1, 0.15) is 46.0 Å². The van der Waals surface area contributed by atoms with Gasteiger partial charge in [-0.3, -0.25) is 4.79 Å². The quantitative estimate of drug-likeness (QED) is 0.669. The number of nitrogens with zero attached hydrogens (tertiary/aromatic N) is 1. The molecule has 0 spiro atoms. The number of hydrogen-bond donors (Lipinski definition) is 3. The van der Waals surface area contributed by atoms with Crippen molar-refractivity contribution in [2.75, 3.05) is 0 Å². The Bertz CT molecular complexity index is 533. The molecule has 23 heavy (non-hydrogen) atoms. The van der Waals surface area contributed by atoms with Crippen molar-refractivity contribution < 1.29 is 19.5 Å². The Labute approximate surface area is 139 Å². The maximum Gasteiger partial charge on any atom is 0.327 e. The maximum atomic E-state index is 12.3. The largest absolute Gasteiger partial charge is 0.480 e. The molecular weight excluding hydrogens is 318 g/mol. The number of fused-ring (bicyclic) bond motifs is 1. The third-order valence-electron chi connectivity index (χ3n) is 4.90. The monoisotopic (exact) mass is 341 g/mol. The molecule has 0 unspecified atom stereocenters. The second-order valence-electron chi connectivity index (χ2n) is 7.03. The van der Waals surface area contributed by atoms with Crippen LogP contribution in [0.25, 0.3) is 0 Å². The van der Waals surface area contributed by atoms with Crippen molar-refractivity contribution in [2.24, 2.45) is 0 Å². The number of thioether (sulfide) groups is 1. The number of carboxylic acid groups (broad SMARTS) is 1. The Morgan fingerprint density at radius 3 is 2.48 bits per heavy atom. The van der Waals surface area contributed by atoms with E-state index in [2.05, 4.69) is 10.6 Å². The second kappa shape index (κ2) is 5.89. The Balaban J connectivity index is 1.59. The van der Waals surface area contributed by atoms with Gasteiger partial charge in [-0.25, -0.2) is 9.59 Å². The van der Waals surface area contributed by atoms with E-state index in [9.17, 15) is 19.5 Å². The van der Waals surface area contributed by atoms with Gasteiger partial charge in [-0.05, 0) is 26.7 Å². The standard InChI is InChI=1S/C15H23N3O4S/c1-15(2)10(13(20)21)18-11(19)9(12(18)23-15)17-14(22)16-8-6-4-3-5-7-8/h8-10,12H,3-7H2,1-2H3,(H,20,21)(H2,16,17,22)/t9-,10-,12-/m1/s1. The van der Waals surface area contributed by atoms with E-state index in [0.29, 0.717) is 0 Å². The van der Waals surface area contributed by atoms with Crippen molar-refractivity contribution in [3.8, 4) is 0 Å². The van der Waals surface area contributed by atoms with E-state index in [1.807, 2.05) is 13.8 Å². The number of carbonyl (C=O) groups excluding carboxylic acids is 2. The highest BCUT2D eigenvalue weighted by atomic mass is 32.2. The molecule has 0 bridgehead atoms. The minimum absolute atomic E-state index is 0.175. The summed E-state index contributed by atoms with van der Waals surface area (Å²) in [4.78, 5) is 37.2. The van der Waals surface area contributed by atoms with Crippen LogP contribution < -0.4 is 10.6 Å². The summed E-state index contributed by atoms with van der Waals surface area (Å²) >= 11 is 1.44. The summed E-state index contributed by atoms with van der Waals surface area (Å²) in [6.07, 6.45) is 5.40. The number of hydrogen-bond acceptors (Lipinski definition) is 4. The van der Waals surface area contributed by atoms with Crippen molar-refractivity contribution in [1.82, 2.24) is 15.5 Å². The van der Waals surface area contributed by atoms with Gasteiger partial charge in [0.1, 0.15) is 17.5 Å². The second-order valence-corrected chi connectivity index (χ2v) is 8.80. The van der Waals surface area contributed by atoms with E-state index in [1.165, 1.54) is 23.1 Å². The van der Waals surface area contributed by atoms with Crippen LogP contribution in [0.4, 0.5) is 4.79 Å². The zero-order valence-corrected chi connectivity index (χ0v) is 14.2. The van der Waals surface area contributed by atoms with Gasteiger partial charge in [0.05, 0.1) is 0 Å². The fourth-order valence-electron chi connectivity index (χ4n) is 3.76. The predicted octanol–water partition coefficient (Wildman–Crippen LogP) is 1.13. The molecule has 3 rings (SSSR count). The molecule has 3 fully saturated rings. The van der Waals surface area contributed by atoms with E-state index in [4.69, 9.17) is 0 Å². The average molecular weight is 341 g/mol. The van der Waals surface area contributed by atoms with E-state index < -0.39 is 22.8 Å². The third kappa shape index (κ3) is 2.88. The molecule has 7 nitrogen and oxygen atoms in total. The van der Waals surface area contributed by atoms with Crippen LogP contribution in [0.2, 0.25) is 0 Å². The summed E-state index contributed by atoms with van der Waals surface area (Å²) in [5.74, 6) is -1.30. The number of rotatable bonds is 3. The van der Waals surface area contributed by atoms with E-state index in [0.717, 1.165) is 25.7 Å². The number of aliphatic carboxylic acids is 1. The number of amides is 3. The molecule has 3 amide bonds. The van der Waals surface area contributed by atoms with Crippen LogP contribution in [0.3, 0.4) is 0 Å². The molecule has 3 N–H and O–H groups in total. The lowest BCUT2D eigenvalue weighted by Crippen LogP contribution is -2.71. The van der Waals surface area contributed by atoms with Crippen molar-refractivity contribution in [3.63, 3.8) is 0 Å². The predicted molar refractivity (Wildman–Crippen MR) is 86.1 cm³/mol. The Kier molecular flexibility index (Phi) is 4.20. The molecule has 128 valence electrons. The van der Waals surface area contributed by atoms with E-state index >= 15 is 0 Å². The van der Waals surface area contributed by atoms with Crippen LogP contribution in [-0.2, 0) is 9.59 Å². The van der Waals surface area contributed by atoms with Crippen LogP contribution in [0.15, 0.2) is 0 Å². The number of β-lactam (4-membered cyclic amide) rings is 1. The zero-order chi connectivity index (χ0) is 16.8. The molecule has 1 saturated carbocycles. The first-order valence-electron chi connectivity index (χ1n) is 8.11. The molecule has 3 atom stereocenters. The van der Waals surface area contributed by atoms with E-state index in [1.54, 1.807) is 0 Å². The highest BCUT2D eigenvalue weighted by Crippen LogP contribution is 2.50. The van der Waals surface area contributed by atoms with Crippen LogP contribution in [0.5, 0.6) is 0 Å². The van der Waals surface area contributed by atoms with Gasteiger partial charge in [-0.2, -0.15) is 0 Å². The highest BCUT2D eigenvalue weighted by Gasteiger charge is 2.64. The first-order valence-corrected chi connectivity index (χ1v) is 8.99. The molecule has 0 aromatic carbocycles. The summed E-state index contributed by atoms with van der Waals surface area (Å²) < 4.78 is -0.567. The number of carbonyl (C=O) groups is 3. The van der Waals surface area contributed by atoms with Crippen LogP contribution in [0, 0.1) is 0 Å². The summed E-state index contributed by atoms with van der Waals surface area (Å²) in [5, 5.41) is 14.7. The molecule has 2 heterocycles. The lowest BCUT2D eigenvalue weighted by Gasteiger charge is -2.43. The molecule has 0 aromatic heterocycles. The normalized spacial score (nSPS) is 32.9. The summed E-state index contributed by atoms with van der Waals surface area (Å²) in [5.41, 5.74) is 0. The zero-order valence-electron chi connectivity index (χ0n) is 13.4.